The second-order valence-electron chi connectivity index (χ2n) is 6.25. The lowest BCUT2D eigenvalue weighted by atomic mass is 10.1. The van der Waals surface area contributed by atoms with Crippen LogP contribution >= 0.6 is 0 Å². The molecule has 0 bridgehead atoms. The zero-order valence-electron chi connectivity index (χ0n) is 14.3. The van der Waals surface area contributed by atoms with E-state index in [1.54, 1.807) is 66.7 Å². The van der Waals surface area contributed by atoms with Crippen LogP contribution in [0, 0.1) is 5.82 Å². The van der Waals surface area contributed by atoms with Crippen molar-refractivity contribution in [1.29, 1.82) is 0 Å². The molecule has 0 aliphatic heterocycles. The van der Waals surface area contributed by atoms with Crippen molar-refractivity contribution in [3.63, 3.8) is 0 Å². The lowest BCUT2D eigenvalue weighted by Crippen LogP contribution is -2.00. The largest absolute Gasteiger partial charge is 0.489 e. The number of benzene rings is 3. The molecular formula is C23H15FO3. The molecule has 0 spiro atoms. The number of halogens is 1. The van der Waals surface area contributed by atoms with Crippen LogP contribution in [0.1, 0.15) is 31.8 Å². The zero-order valence-corrected chi connectivity index (χ0v) is 14.3. The summed E-state index contributed by atoms with van der Waals surface area (Å²) in [5.41, 5.74) is 2.69. The molecule has 4 rings (SSSR count). The van der Waals surface area contributed by atoms with Crippen LogP contribution in [0.2, 0.25) is 0 Å². The number of hydrogen-bond acceptors (Lipinski definition) is 3. The Balaban J connectivity index is 1.48. The number of ketones is 2. The average molecular weight is 358 g/mol. The molecule has 132 valence electrons. The van der Waals surface area contributed by atoms with Gasteiger partial charge in [-0.1, -0.05) is 48.5 Å². The first-order chi connectivity index (χ1) is 13.1. The Bertz CT molecular complexity index is 1010. The van der Waals surface area contributed by atoms with E-state index in [0.29, 0.717) is 23.5 Å². The van der Waals surface area contributed by atoms with E-state index in [1.165, 1.54) is 12.1 Å². The van der Waals surface area contributed by atoms with Crippen LogP contribution in [0.4, 0.5) is 4.39 Å². The van der Waals surface area contributed by atoms with Crippen LogP contribution in [0.3, 0.4) is 0 Å². The standard InChI is InChI=1S/C23H15FO3/c24-17-9-5-16(6-10-17)14-27-18-11-7-15(8-12-18)13-21-22(25)19-3-1-2-4-20(19)23(21)26/h1-13H,14H2. The number of hydrogen-bond donors (Lipinski definition) is 0. The van der Waals surface area contributed by atoms with Gasteiger partial charge >= 0.3 is 0 Å². The molecule has 0 radical (unpaired) electrons. The molecule has 3 aromatic carbocycles. The lowest BCUT2D eigenvalue weighted by Gasteiger charge is -2.06. The minimum Gasteiger partial charge on any atom is -0.489 e. The summed E-state index contributed by atoms with van der Waals surface area (Å²) in [4.78, 5) is 24.8. The van der Waals surface area contributed by atoms with Gasteiger partial charge in [0.05, 0.1) is 5.57 Å². The number of Topliss-reactive ketones (excluding diaryl/α,β-unsaturated/α-hetero) is 2. The van der Waals surface area contributed by atoms with E-state index in [9.17, 15) is 14.0 Å². The molecule has 3 nitrogen and oxygen atoms in total. The maximum absolute atomic E-state index is 12.9. The van der Waals surface area contributed by atoms with Crippen LogP contribution in [0.25, 0.3) is 6.08 Å². The highest BCUT2D eigenvalue weighted by Gasteiger charge is 2.32. The van der Waals surface area contributed by atoms with Crippen molar-refractivity contribution in [2.45, 2.75) is 6.61 Å². The summed E-state index contributed by atoms with van der Waals surface area (Å²) in [6, 6.07) is 20.1. The smallest absolute Gasteiger partial charge is 0.197 e. The first-order valence-corrected chi connectivity index (χ1v) is 8.49. The summed E-state index contributed by atoms with van der Waals surface area (Å²) in [5, 5.41) is 0. The van der Waals surface area contributed by atoms with Gasteiger partial charge in [0, 0.05) is 11.1 Å². The highest BCUT2D eigenvalue weighted by atomic mass is 19.1. The number of rotatable bonds is 4. The third kappa shape index (κ3) is 3.42. The Hall–Kier alpha value is -3.53. The molecule has 1 aliphatic carbocycles. The van der Waals surface area contributed by atoms with Gasteiger partial charge in [0.2, 0.25) is 0 Å². The van der Waals surface area contributed by atoms with E-state index in [0.717, 1.165) is 11.1 Å². The molecule has 0 saturated heterocycles. The monoisotopic (exact) mass is 358 g/mol. The molecule has 0 fully saturated rings. The second kappa shape index (κ2) is 7.00. The molecule has 0 unspecified atom stereocenters. The lowest BCUT2D eigenvalue weighted by molar-refractivity contribution is 0.0990. The number of fused-ring (bicyclic) bond motifs is 1. The van der Waals surface area contributed by atoms with Crippen molar-refractivity contribution in [3.8, 4) is 5.75 Å². The second-order valence-corrected chi connectivity index (χ2v) is 6.25. The number of allylic oxidation sites excluding steroid dienone is 1. The highest BCUT2D eigenvalue weighted by Crippen LogP contribution is 2.28. The molecule has 3 aromatic rings. The minimum atomic E-state index is -0.283. The van der Waals surface area contributed by atoms with E-state index in [2.05, 4.69) is 0 Å². The van der Waals surface area contributed by atoms with E-state index < -0.39 is 0 Å². The average Bonchev–Trinajstić information content (AvgIpc) is 2.94. The van der Waals surface area contributed by atoms with Crippen LogP contribution in [0.5, 0.6) is 5.75 Å². The van der Waals surface area contributed by atoms with Gasteiger partial charge in [-0.3, -0.25) is 9.59 Å². The van der Waals surface area contributed by atoms with Crippen molar-refractivity contribution in [1.82, 2.24) is 0 Å². The summed E-state index contributed by atoms with van der Waals surface area (Å²) < 4.78 is 18.6. The number of carbonyl (C=O) groups is 2. The van der Waals surface area contributed by atoms with E-state index in [4.69, 9.17) is 4.74 Å². The molecule has 0 heterocycles. The Kier molecular flexibility index (Phi) is 4.38. The summed E-state index contributed by atoms with van der Waals surface area (Å²) in [6.45, 7) is 0.326. The fraction of sp³-hybridized carbons (Fsp3) is 0.0435. The van der Waals surface area contributed by atoms with E-state index in [-0.39, 0.29) is 23.0 Å². The van der Waals surface area contributed by atoms with Crippen LogP contribution in [0.15, 0.2) is 78.4 Å². The summed E-state index contributed by atoms with van der Waals surface area (Å²) in [7, 11) is 0. The number of ether oxygens (including phenoxy) is 1. The highest BCUT2D eigenvalue weighted by molar-refractivity contribution is 6.41. The quantitative estimate of drug-likeness (QED) is 0.494. The maximum Gasteiger partial charge on any atom is 0.197 e. The first kappa shape index (κ1) is 16.9. The van der Waals surface area contributed by atoms with Gasteiger partial charge in [0.1, 0.15) is 18.2 Å². The molecule has 4 heteroatoms. The van der Waals surface area contributed by atoms with Gasteiger partial charge in [0.15, 0.2) is 11.6 Å². The fourth-order valence-electron chi connectivity index (χ4n) is 2.98. The molecule has 0 N–H and O–H groups in total. The molecule has 27 heavy (non-hydrogen) atoms. The van der Waals surface area contributed by atoms with E-state index in [1.807, 2.05) is 0 Å². The topological polar surface area (TPSA) is 43.4 Å². The van der Waals surface area contributed by atoms with Gasteiger partial charge in [-0.15, -0.1) is 0 Å². The Labute approximate surface area is 155 Å². The van der Waals surface area contributed by atoms with Crippen molar-refractivity contribution in [3.05, 3.63) is 106 Å². The Morgan fingerprint density at radius 1 is 0.778 bits per heavy atom. The van der Waals surface area contributed by atoms with Crippen molar-refractivity contribution in [2.75, 3.05) is 0 Å². The minimum absolute atomic E-state index is 0.177. The molecule has 0 atom stereocenters. The van der Waals surface area contributed by atoms with Crippen LogP contribution < -0.4 is 4.74 Å². The summed E-state index contributed by atoms with van der Waals surface area (Å²) >= 11 is 0. The van der Waals surface area contributed by atoms with Gasteiger partial charge in [-0.05, 0) is 41.5 Å². The van der Waals surface area contributed by atoms with Crippen molar-refractivity contribution >= 4 is 17.6 Å². The van der Waals surface area contributed by atoms with Crippen molar-refractivity contribution < 1.29 is 18.7 Å². The van der Waals surface area contributed by atoms with E-state index >= 15 is 0 Å². The fourth-order valence-corrected chi connectivity index (χ4v) is 2.98. The Morgan fingerprint density at radius 2 is 1.37 bits per heavy atom. The molecule has 0 amide bonds. The first-order valence-electron chi connectivity index (χ1n) is 8.49. The maximum atomic E-state index is 12.9. The van der Waals surface area contributed by atoms with Gasteiger partial charge < -0.3 is 4.74 Å². The van der Waals surface area contributed by atoms with Gasteiger partial charge in [-0.2, -0.15) is 0 Å². The molecule has 0 aromatic heterocycles. The molecule has 0 saturated carbocycles. The zero-order chi connectivity index (χ0) is 18.8. The van der Waals surface area contributed by atoms with Crippen LogP contribution in [-0.4, -0.2) is 11.6 Å². The molecule has 1 aliphatic rings. The third-order valence-electron chi connectivity index (χ3n) is 4.42. The van der Waals surface area contributed by atoms with Crippen molar-refractivity contribution in [2.24, 2.45) is 0 Å². The third-order valence-corrected chi connectivity index (χ3v) is 4.42. The molecular weight excluding hydrogens is 343 g/mol. The van der Waals surface area contributed by atoms with Crippen LogP contribution in [-0.2, 0) is 6.61 Å². The summed E-state index contributed by atoms with van der Waals surface area (Å²) in [6.07, 6.45) is 1.61. The number of carbonyl (C=O) groups excluding carboxylic acids is 2. The normalized spacial score (nSPS) is 12.9. The predicted molar refractivity (Wildman–Crippen MR) is 100 cm³/mol. The van der Waals surface area contributed by atoms with Gasteiger partial charge in [-0.25, -0.2) is 4.39 Å². The SMILES string of the molecule is O=C1C(=Cc2ccc(OCc3ccc(F)cc3)cc2)C(=O)c2ccccc21. The Morgan fingerprint density at radius 3 is 1.96 bits per heavy atom. The van der Waals surface area contributed by atoms with Gasteiger partial charge in [0.25, 0.3) is 0 Å². The predicted octanol–water partition coefficient (Wildman–Crippen LogP) is 4.87. The summed E-state index contributed by atoms with van der Waals surface area (Å²) in [5.74, 6) is -0.123.